The fourth-order valence-electron chi connectivity index (χ4n) is 1.91. The van der Waals surface area contributed by atoms with Crippen LogP contribution in [0.25, 0.3) is 16.6 Å². The van der Waals surface area contributed by atoms with E-state index in [0.717, 1.165) is 16.6 Å². The van der Waals surface area contributed by atoms with Gasteiger partial charge >= 0.3 is 0 Å². The van der Waals surface area contributed by atoms with Crippen LogP contribution in [0.1, 0.15) is 0 Å². The molecule has 0 bridgehead atoms. The third-order valence-electron chi connectivity index (χ3n) is 2.65. The lowest BCUT2D eigenvalue weighted by atomic mass is 10.2. The van der Waals surface area contributed by atoms with E-state index in [0.29, 0.717) is 0 Å². The summed E-state index contributed by atoms with van der Waals surface area (Å²) in [5.74, 6) is 0. The second kappa shape index (κ2) is 3.38. The Labute approximate surface area is 92.0 Å². The zero-order valence-corrected chi connectivity index (χ0v) is 8.55. The normalized spacial score (nSPS) is 10.8. The summed E-state index contributed by atoms with van der Waals surface area (Å²) >= 11 is 0. The van der Waals surface area contributed by atoms with Crippen LogP contribution in [0.4, 0.5) is 0 Å². The molecule has 3 rings (SSSR count). The Morgan fingerprint density at radius 2 is 1.94 bits per heavy atom. The average Bonchev–Trinajstić information content (AvgIpc) is 2.77. The monoisotopic (exact) mass is 210 g/mol. The van der Waals surface area contributed by atoms with E-state index < -0.39 is 0 Å². The highest BCUT2D eigenvalue weighted by Crippen LogP contribution is 2.19. The predicted molar refractivity (Wildman–Crippen MR) is 63.9 cm³/mol. The van der Waals surface area contributed by atoms with Crippen LogP contribution in [-0.4, -0.2) is 9.55 Å². The molecule has 2 heterocycles. The maximum atomic E-state index is 11.7. The molecule has 0 saturated heterocycles. The molecule has 0 radical (unpaired) electrons. The van der Waals surface area contributed by atoms with E-state index in [-0.39, 0.29) is 5.56 Å². The summed E-state index contributed by atoms with van der Waals surface area (Å²) < 4.78 is 1.65. The second-order valence-electron chi connectivity index (χ2n) is 3.62. The van der Waals surface area contributed by atoms with Crippen molar-refractivity contribution in [3.8, 4) is 5.69 Å². The first kappa shape index (κ1) is 8.97. The van der Waals surface area contributed by atoms with Crippen LogP contribution in [0.2, 0.25) is 0 Å². The Balaban J connectivity index is 2.39. The first-order valence-electron chi connectivity index (χ1n) is 5.10. The number of aromatic amines is 1. The van der Waals surface area contributed by atoms with Gasteiger partial charge in [-0.3, -0.25) is 9.36 Å². The first-order valence-corrected chi connectivity index (χ1v) is 5.10. The molecule has 0 atom stereocenters. The van der Waals surface area contributed by atoms with Gasteiger partial charge in [0.2, 0.25) is 0 Å². The van der Waals surface area contributed by atoms with Gasteiger partial charge in [0.05, 0.1) is 5.69 Å². The van der Waals surface area contributed by atoms with Crippen LogP contribution < -0.4 is 5.56 Å². The number of pyridine rings is 1. The number of nitrogens with one attached hydrogen (secondary N) is 1. The molecule has 0 aliphatic rings. The van der Waals surface area contributed by atoms with Crippen LogP contribution in [0.5, 0.6) is 0 Å². The molecule has 0 spiro atoms. The Bertz CT molecular complexity index is 694. The van der Waals surface area contributed by atoms with E-state index in [4.69, 9.17) is 0 Å². The van der Waals surface area contributed by atoms with Gasteiger partial charge in [-0.1, -0.05) is 12.1 Å². The number of aromatic nitrogens is 2. The average molecular weight is 210 g/mol. The van der Waals surface area contributed by atoms with Gasteiger partial charge in [-0.05, 0) is 24.3 Å². The molecule has 1 aromatic carbocycles. The largest absolute Gasteiger partial charge is 0.361 e. The molecule has 1 N–H and O–H groups in total. The molecule has 0 fully saturated rings. The van der Waals surface area contributed by atoms with Gasteiger partial charge in [-0.15, -0.1) is 0 Å². The highest BCUT2D eigenvalue weighted by atomic mass is 16.1. The number of hydrogen-bond acceptors (Lipinski definition) is 1. The third kappa shape index (κ3) is 1.26. The quantitative estimate of drug-likeness (QED) is 0.657. The molecule has 3 heteroatoms. The van der Waals surface area contributed by atoms with E-state index in [1.54, 1.807) is 22.9 Å². The lowest BCUT2D eigenvalue weighted by molar-refractivity contribution is 1.00. The molecule has 0 aliphatic carbocycles. The van der Waals surface area contributed by atoms with Crippen LogP contribution in [-0.2, 0) is 0 Å². The Hall–Kier alpha value is -2.29. The van der Waals surface area contributed by atoms with Crippen LogP contribution in [0.3, 0.4) is 0 Å². The van der Waals surface area contributed by atoms with Crippen LogP contribution in [0.15, 0.2) is 59.7 Å². The molecule has 3 nitrogen and oxygen atoms in total. The van der Waals surface area contributed by atoms with Crippen molar-refractivity contribution in [1.29, 1.82) is 0 Å². The standard InChI is InChI=1S/C13H10N2O/c16-13-6-1-2-9-15(13)12-5-3-4-11-10(12)7-8-14-11/h1-9,14H. The summed E-state index contributed by atoms with van der Waals surface area (Å²) in [5.41, 5.74) is 1.92. The summed E-state index contributed by atoms with van der Waals surface area (Å²) in [6.45, 7) is 0. The minimum Gasteiger partial charge on any atom is -0.361 e. The Morgan fingerprint density at radius 3 is 2.81 bits per heavy atom. The summed E-state index contributed by atoms with van der Waals surface area (Å²) in [4.78, 5) is 14.9. The highest BCUT2D eigenvalue weighted by Gasteiger charge is 2.03. The number of nitrogens with zero attached hydrogens (tertiary/aromatic N) is 1. The van der Waals surface area contributed by atoms with E-state index in [9.17, 15) is 4.79 Å². The maximum absolute atomic E-state index is 11.7. The fraction of sp³-hybridized carbons (Fsp3) is 0. The van der Waals surface area contributed by atoms with Crippen molar-refractivity contribution < 1.29 is 0 Å². The SMILES string of the molecule is O=c1ccccn1-c1cccc2[nH]ccc12. The van der Waals surface area contributed by atoms with Gasteiger partial charge in [0.25, 0.3) is 5.56 Å². The van der Waals surface area contributed by atoms with Gasteiger partial charge in [-0.25, -0.2) is 0 Å². The van der Waals surface area contributed by atoms with Crippen molar-refractivity contribution in [2.75, 3.05) is 0 Å². The lowest BCUT2D eigenvalue weighted by Crippen LogP contribution is -2.15. The fourth-order valence-corrected chi connectivity index (χ4v) is 1.91. The van der Waals surface area contributed by atoms with Crippen LogP contribution >= 0.6 is 0 Å². The third-order valence-corrected chi connectivity index (χ3v) is 2.65. The minimum atomic E-state index is -0.0174. The zero-order chi connectivity index (χ0) is 11.0. The first-order chi connectivity index (χ1) is 7.86. The molecule has 0 amide bonds. The van der Waals surface area contributed by atoms with Gasteiger partial charge in [0, 0.05) is 29.4 Å². The van der Waals surface area contributed by atoms with Crippen molar-refractivity contribution in [2.24, 2.45) is 0 Å². The Kier molecular flexibility index (Phi) is 1.90. The molecule has 78 valence electrons. The molecule has 2 aromatic heterocycles. The number of fused-ring (bicyclic) bond motifs is 1. The van der Waals surface area contributed by atoms with Crippen molar-refractivity contribution in [3.63, 3.8) is 0 Å². The molecule has 0 aliphatic heterocycles. The summed E-state index contributed by atoms with van der Waals surface area (Å²) in [7, 11) is 0. The van der Waals surface area contributed by atoms with Crippen molar-refractivity contribution in [2.45, 2.75) is 0 Å². The summed E-state index contributed by atoms with van der Waals surface area (Å²) in [5, 5.41) is 1.05. The highest BCUT2D eigenvalue weighted by molar-refractivity contribution is 5.87. The molecular weight excluding hydrogens is 200 g/mol. The lowest BCUT2D eigenvalue weighted by Gasteiger charge is -2.05. The predicted octanol–water partition coefficient (Wildman–Crippen LogP) is 2.32. The van der Waals surface area contributed by atoms with E-state index >= 15 is 0 Å². The van der Waals surface area contributed by atoms with E-state index in [2.05, 4.69) is 4.98 Å². The summed E-state index contributed by atoms with van der Waals surface area (Å²) in [6, 6.07) is 13.0. The molecular formula is C13H10N2O. The molecule has 16 heavy (non-hydrogen) atoms. The van der Waals surface area contributed by atoms with Crippen LogP contribution in [0, 0.1) is 0 Å². The summed E-state index contributed by atoms with van der Waals surface area (Å²) in [6.07, 6.45) is 3.66. The van der Waals surface area contributed by atoms with Crippen molar-refractivity contribution in [3.05, 3.63) is 65.2 Å². The van der Waals surface area contributed by atoms with Gasteiger partial charge < -0.3 is 4.98 Å². The van der Waals surface area contributed by atoms with Gasteiger partial charge in [0.1, 0.15) is 0 Å². The zero-order valence-electron chi connectivity index (χ0n) is 8.55. The number of benzene rings is 1. The second-order valence-corrected chi connectivity index (χ2v) is 3.62. The molecule has 3 aromatic rings. The number of H-pyrrole nitrogens is 1. The van der Waals surface area contributed by atoms with Gasteiger partial charge in [0.15, 0.2) is 0 Å². The van der Waals surface area contributed by atoms with Crippen molar-refractivity contribution >= 4 is 10.9 Å². The topological polar surface area (TPSA) is 37.8 Å². The maximum Gasteiger partial charge on any atom is 0.255 e. The van der Waals surface area contributed by atoms with E-state index in [1.807, 2.05) is 36.5 Å². The molecule has 0 saturated carbocycles. The van der Waals surface area contributed by atoms with Gasteiger partial charge in [-0.2, -0.15) is 0 Å². The van der Waals surface area contributed by atoms with E-state index in [1.165, 1.54) is 0 Å². The Morgan fingerprint density at radius 1 is 1.00 bits per heavy atom. The smallest absolute Gasteiger partial charge is 0.255 e. The van der Waals surface area contributed by atoms with Crippen molar-refractivity contribution in [1.82, 2.24) is 9.55 Å². The minimum absolute atomic E-state index is 0.0174. The number of hydrogen-bond donors (Lipinski definition) is 1. The number of rotatable bonds is 1. The molecule has 0 unspecified atom stereocenters.